The van der Waals surface area contributed by atoms with Crippen LogP contribution < -0.4 is 11.1 Å². The zero-order chi connectivity index (χ0) is 19.8. The number of benzene rings is 2. The number of carbonyl (C=O) groups excluding carboxylic acids is 1. The summed E-state index contributed by atoms with van der Waals surface area (Å²) in [6, 6.07) is 18.7. The largest absolute Gasteiger partial charge is 0.439 e. The van der Waals surface area contributed by atoms with Crippen LogP contribution in [0.1, 0.15) is 9.67 Å². The molecule has 0 unspecified atom stereocenters. The number of para-hydroxylation sites is 1. The van der Waals surface area contributed by atoms with Gasteiger partial charge in [-0.25, -0.2) is 9.78 Å². The molecule has 0 bridgehead atoms. The number of thiazole rings is 1. The van der Waals surface area contributed by atoms with Crippen molar-refractivity contribution in [2.24, 2.45) is 0 Å². The average molecular weight is 420 g/mol. The number of H-pyrrole nitrogens is 1. The lowest BCUT2D eigenvalue weighted by atomic mass is 10.2. The summed E-state index contributed by atoms with van der Waals surface area (Å²) < 4.78 is 5.64. The van der Waals surface area contributed by atoms with Crippen molar-refractivity contribution in [2.45, 2.75) is 0 Å². The van der Waals surface area contributed by atoms with Gasteiger partial charge in [0.05, 0.1) is 20.0 Å². The van der Waals surface area contributed by atoms with Gasteiger partial charge >= 0.3 is 5.76 Å². The quantitative estimate of drug-likeness (QED) is 0.442. The highest BCUT2D eigenvalue weighted by Crippen LogP contribution is 2.34. The van der Waals surface area contributed by atoms with Crippen molar-refractivity contribution < 1.29 is 9.32 Å². The van der Waals surface area contributed by atoms with E-state index in [4.69, 9.17) is 0 Å². The van der Waals surface area contributed by atoms with Crippen molar-refractivity contribution in [3.8, 4) is 21.3 Å². The van der Waals surface area contributed by atoms with Gasteiger partial charge in [0.2, 0.25) is 0 Å². The first-order chi connectivity index (χ1) is 14.2. The second-order valence-corrected chi connectivity index (χ2v) is 8.24. The monoisotopic (exact) mass is 420 g/mol. The maximum atomic E-state index is 12.7. The molecule has 5 aromatic rings. The van der Waals surface area contributed by atoms with Gasteiger partial charge in [0.1, 0.15) is 5.01 Å². The fourth-order valence-electron chi connectivity index (χ4n) is 2.84. The van der Waals surface area contributed by atoms with Crippen LogP contribution in [0.5, 0.6) is 0 Å². The number of amides is 1. The van der Waals surface area contributed by atoms with Crippen LogP contribution in [-0.4, -0.2) is 21.0 Å². The predicted molar refractivity (Wildman–Crippen MR) is 113 cm³/mol. The Morgan fingerprint density at radius 1 is 1.03 bits per heavy atom. The highest BCUT2D eigenvalue weighted by atomic mass is 32.1. The van der Waals surface area contributed by atoms with Crippen molar-refractivity contribution in [2.75, 3.05) is 5.32 Å². The lowest BCUT2D eigenvalue weighted by molar-refractivity contribution is 0.103. The van der Waals surface area contributed by atoms with Crippen molar-refractivity contribution in [1.29, 1.82) is 0 Å². The third-order valence-electron chi connectivity index (χ3n) is 4.17. The number of nitrogens with one attached hydrogen (secondary N) is 2. The highest BCUT2D eigenvalue weighted by Gasteiger charge is 2.14. The van der Waals surface area contributed by atoms with E-state index in [1.54, 1.807) is 41.7 Å². The van der Waals surface area contributed by atoms with Gasteiger partial charge in [-0.1, -0.05) is 29.4 Å². The van der Waals surface area contributed by atoms with E-state index in [1.165, 1.54) is 11.3 Å². The molecule has 5 rings (SSSR count). The van der Waals surface area contributed by atoms with Crippen LogP contribution >= 0.6 is 22.7 Å². The van der Waals surface area contributed by atoms with E-state index in [1.807, 2.05) is 30.3 Å². The summed E-state index contributed by atoms with van der Waals surface area (Å²) in [5.41, 5.74) is 2.18. The zero-order valence-electron chi connectivity index (χ0n) is 14.7. The Kier molecular flexibility index (Phi) is 4.30. The molecular formula is C20H12N4O3S2. The fourth-order valence-corrected chi connectivity index (χ4v) is 4.77. The number of hydrogen-bond donors (Lipinski definition) is 2. The Morgan fingerprint density at radius 2 is 1.93 bits per heavy atom. The van der Waals surface area contributed by atoms with Crippen LogP contribution in [0.15, 0.2) is 70.0 Å². The first kappa shape index (κ1) is 17.5. The lowest BCUT2D eigenvalue weighted by Gasteiger charge is -2.04. The summed E-state index contributed by atoms with van der Waals surface area (Å²) >= 11 is 3.00. The number of thiophene rings is 1. The first-order valence-electron chi connectivity index (χ1n) is 8.59. The molecule has 2 N–H and O–H groups in total. The van der Waals surface area contributed by atoms with E-state index in [0.29, 0.717) is 22.0 Å². The van der Waals surface area contributed by atoms with Crippen LogP contribution in [-0.2, 0) is 0 Å². The van der Waals surface area contributed by atoms with Gasteiger partial charge in [-0.3, -0.25) is 14.3 Å². The number of rotatable bonds is 4. The minimum absolute atomic E-state index is 0.215. The molecule has 0 fully saturated rings. The molecule has 0 saturated carbocycles. The van der Waals surface area contributed by atoms with E-state index in [9.17, 15) is 9.59 Å². The number of hydrogen-bond acceptors (Lipinski definition) is 7. The standard InChI is InChI=1S/C20H12N4O3S2/c25-18(21-12-5-3-4-11(10-12)17-23-20(26)27-24-17)15-8-9-16(28-15)19-22-13-6-1-2-7-14(13)29-19/h1-10H,(H,21,25)(H,23,24,26). The molecular weight excluding hydrogens is 408 g/mol. The van der Waals surface area contributed by atoms with Crippen LogP contribution in [0.2, 0.25) is 0 Å². The number of nitrogens with zero attached hydrogens (tertiary/aromatic N) is 2. The molecule has 142 valence electrons. The number of carbonyl (C=O) groups is 1. The van der Waals surface area contributed by atoms with E-state index in [2.05, 4.69) is 25.0 Å². The van der Waals surface area contributed by atoms with E-state index in [-0.39, 0.29) is 5.91 Å². The molecule has 1 amide bonds. The van der Waals surface area contributed by atoms with Gasteiger partial charge in [-0.15, -0.1) is 22.7 Å². The van der Waals surface area contributed by atoms with Gasteiger partial charge in [-0.2, -0.15) is 0 Å². The topological polar surface area (TPSA) is 101 Å². The maximum Gasteiger partial charge on any atom is 0.439 e. The fraction of sp³-hybridized carbons (Fsp3) is 0. The van der Waals surface area contributed by atoms with Gasteiger partial charge in [0, 0.05) is 11.3 Å². The number of aromatic amines is 1. The summed E-state index contributed by atoms with van der Waals surface area (Å²) in [6.45, 7) is 0. The first-order valence-corrected chi connectivity index (χ1v) is 10.2. The molecule has 3 heterocycles. The molecule has 0 saturated heterocycles. The Balaban J connectivity index is 1.37. The Morgan fingerprint density at radius 3 is 2.76 bits per heavy atom. The van der Waals surface area contributed by atoms with Gasteiger partial charge in [0.25, 0.3) is 5.91 Å². The Hall–Kier alpha value is -3.56. The number of anilines is 1. The van der Waals surface area contributed by atoms with Crippen LogP contribution in [0.4, 0.5) is 5.69 Å². The summed E-state index contributed by atoms with van der Waals surface area (Å²) in [5.74, 6) is -0.538. The minimum atomic E-state index is -0.629. The third kappa shape index (κ3) is 3.48. The van der Waals surface area contributed by atoms with Crippen molar-refractivity contribution >= 4 is 44.5 Å². The molecule has 0 radical (unpaired) electrons. The molecule has 0 atom stereocenters. The van der Waals surface area contributed by atoms with Crippen molar-refractivity contribution in [1.82, 2.24) is 15.1 Å². The summed E-state index contributed by atoms with van der Waals surface area (Å²) in [5, 5.41) is 7.43. The maximum absolute atomic E-state index is 12.7. The zero-order valence-corrected chi connectivity index (χ0v) is 16.3. The number of fused-ring (bicyclic) bond motifs is 1. The van der Waals surface area contributed by atoms with Gasteiger partial charge < -0.3 is 5.32 Å². The molecule has 29 heavy (non-hydrogen) atoms. The molecule has 2 aromatic carbocycles. The third-order valence-corrected chi connectivity index (χ3v) is 6.46. The van der Waals surface area contributed by atoms with Crippen molar-refractivity contribution in [3.63, 3.8) is 0 Å². The second-order valence-electron chi connectivity index (χ2n) is 6.13. The average Bonchev–Trinajstić information content (AvgIpc) is 3.47. The highest BCUT2D eigenvalue weighted by molar-refractivity contribution is 7.26. The van der Waals surface area contributed by atoms with Gasteiger partial charge in [0.15, 0.2) is 5.82 Å². The lowest BCUT2D eigenvalue weighted by Crippen LogP contribution is -2.10. The molecule has 7 nitrogen and oxygen atoms in total. The minimum Gasteiger partial charge on any atom is -0.321 e. The second kappa shape index (κ2) is 7.12. The van der Waals surface area contributed by atoms with E-state index < -0.39 is 5.76 Å². The SMILES string of the molecule is O=C(Nc1cccc(-c2noc(=O)[nH]2)c1)c1ccc(-c2nc3ccccc3s2)s1. The molecule has 0 aliphatic carbocycles. The summed E-state index contributed by atoms with van der Waals surface area (Å²) in [6.07, 6.45) is 0. The molecule has 9 heteroatoms. The molecule has 3 aromatic heterocycles. The molecule has 0 aliphatic heterocycles. The van der Waals surface area contributed by atoms with Crippen LogP contribution in [0, 0.1) is 0 Å². The predicted octanol–water partition coefficient (Wildman–Crippen LogP) is 4.62. The van der Waals surface area contributed by atoms with Crippen LogP contribution in [0.3, 0.4) is 0 Å². The van der Waals surface area contributed by atoms with Crippen LogP contribution in [0.25, 0.3) is 31.5 Å². The van der Waals surface area contributed by atoms with E-state index >= 15 is 0 Å². The molecule has 0 aliphatic rings. The van der Waals surface area contributed by atoms with E-state index in [0.717, 1.165) is 20.1 Å². The smallest absolute Gasteiger partial charge is 0.321 e. The number of aromatic nitrogens is 3. The Bertz CT molecular complexity index is 1360. The Labute approximate surface area is 171 Å². The normalized spacial score (nSPS) is 11.0. The van der Waals surface area contributed by atoms with Crippen molar-refractivity contribution in [3.05, 3.63) is 76.1 Å². The molecule has 0 spiro atoms. The summed E-state index contributed by atoms with van der Waals surface area (Å²) in [4.78, 5) is 32.5. The summed E-state index contributed by atoms with van der Waals surface area (Å²) in [7, 11) is 0. The van der Waals surface area contributed by atoms with Gasteiger partial charge in [-0.05, 0) is 36.4 Å².